The molecule has 0 aliphatic carbocycles. The number of anilines is 1. The lowest BCUT2D eigenvalue weighted by Crippen LogP contribution is -2.35. The summed E-state index contributed by atoms with van der Waals surface area (Å²) in [4.78, 5) is 26.0. The summed E-state index contributed by atoms with van der Waals surface area (Å²) in [6, 6.07) is 2.01. The van der Waals surface area contributed by atoms with Crippen molar-refractivity contribution >= 4 is 22.0 Å². The number of rotatable bonds is 3. The Bertz CT molecular complexity index is 661. The van der Waals surface area contributed by atoms with E-state index in [1.807, 2.05) is 0 Å². The summed E-state index contributed by atoms with van der Waals surface area (Å²) in [7, 11) is -4.12. The highest BCUT2D eigenvalue weighted by atomic mass is 32.2. The second kappa shape index (κ2) is 5.35. The van der Waals surface area contributed by atoms with Gasteiger partial charge in [0, 0.05) is 24.8 Å². The summed E-state index contributed by atoms with van der Waals surface area (Å²) in [5, 5.41) is 1.66. The van der Waals surface area contributed by atoms with E-state index in [0.717, 1.165) is 0 Å². The number of hydrogen-bond acceptors (Lipinski definition) is 7. The molecule has 0 bridgehead atoms. The summed E-state index contributed by atoms with van der Waals surface area (Å²) in [6.07, 6.45) is 5.30. The number of carbonyl (C=O) groups excluding carboxylic acids is 1. The van der Waals surface area contributed by atoms with E-state index in [1.54, 1.807) is 10.8 Å². The van der Waals surface area contributed by atoms with Crippen LogP contribution < -0.4 is 10.0 Å². The number of amides is 2. The number of urea groups is 1. The van der Waals surface area contributed by atoms with Gasteiger partial charge in [-0.05, 0) is 12.1 Å². The quantitative estimate of drug-likeness (QED) is 0.744. The SMILES string of the molecule is O=C(Nc1ncccn1)NS(=O)(=O)c1ncccn1. The van der Waals surface area contributed by atoms with Crippen molar-refractivity contribution in [2.24, 2.45) is 0 Å². The van der Waals surface area contributed by atoms with E-state index in [9.17, 15) is 13.2 Å². The number of sulfonamides is 1. The number of aromatic nitrogens is 4. The van der Waals surface area contributed by atoms with Crippen LogP contribution in [0, 0.1) is 0 Å². The highest BCUT2D eigenvalue weighted by Crippen LogP contribution is 2.00. The smallest absolute Gasteiger partial charge is 0.275 e. The first-order valence-electron chi connectivity index (χ1n) is 4.96. The van der Waals surface area contributed by atoms with Crippen LogP contribution in [0.25, 0.3) is 0 Å². The predicted molar refractivity (Wildman–Crippen MR) is 63.4 cm³/mol. The van der Waals surface area contributed by atoms with E-state index in [-0.39, 0.29) is 5.95 Å². The van der Waals surface area contributed by atoms with E-state index in [2.05, 4.69) is 25.3 Å². The van der Waals surface area contributed by atoms with Gasteiger partial charge in [-0.15, -0.1) is 0 Å². The molecule has 98 valence electrons. The van der Waals surface area contributed by atoms with Crippen molar-refractivity contribution in [3.8, 4) is 0 Å². The molecule has 0 saturated carbocycles. The van der Waals surface area contributed by atoms with Crippen LogP contribution in [-0.2, 0) is 10.0 Å². The van der Waals surface area contributed by atoms with Crippen LogP contribution >= 0.6 is 0 Å². The summed E-state index contributed by atoms with van der Waals surface area (Å²) >= 11 is 0. The molecule has 0 atom stereocenters. The molecule has 2 rings (SSSR count). The fraction of sp³-hybridized carbons (Fsp3) is 0. The number of carbonyl (C=O) groups is 1. The van der Waals surface area contributed by atoms with Crippen LogP contribution in [0.15, 0.2) is 42.1 Å². The molecule has 9 nitrogen and oxygen atoms in total. The molecule has 2 aromatic rings. The Morgan fingerprint density at radius 1 is 0.947 bits per heavy atom. The molecule has 0 radical (unpaired) electrons. The zero-order valence-corrected chi connectivity index (χ0v) is 10.2. The van der Waals surface area contributed by atoms with Crippen LogP contribution in [0.2, 0.25) is 0 Å². The van der Waals surface area contributed by atoms with Gasteiger partial charge in [0.2, 0.25) is 5.95 Å². The van der Waals surface area contributed by atoms with Gasteiger partial charge in [0.15, 0.2) is 0 Å². The van der Waals surface area contributed by atoms with Crippen molar-refractivity contribution in [3.63, 3.8) is 0 Å². The minimum absolute atomic E-state index is 0.0239. The Morgan fingerprint density at radius 3 is 2.05 bits per heavy atom. The fourth-order valence-corrected chi connectivity index (χ4v) is 1.87. The van der Waals surface area contributed by atoms with Gasteiger partial charge in [-0.2, -0.15) is 8.42 Å². The van der Waals surface area contributed by atoms with E-state index >= 15 is 0 Å². The summed E-state index contributed by atoms with van der Waals surface area (Å²) in [5.74, 6) is -0.0239. The maximum atomic E-state index is 11.7. The van der Waals surface area contributed by atoms with Crippen LogP contribution in [0.5, 0.6) is 0 Å². The third kappa shape index (κ3) is 3.42. The van der Waals surface area contributed by atoms with Crippen LogP contribution in [-0.4, -0.2) is 34.4 Å². The Balaban J connectivity index is 2.07. The number of nitrogens with one attached hydrogen (secondary N) is 2. The molecule has 0 spiro atoms. The summed E-state index contributed by atoms with van der Waals surface area (Å²) < 4.78 is 25.1. The molecule has 0 fully saturated rings. The molecule has 2 aromatic heterocycles. The lowest BCUT2D eigenvalue weighted by molar-refractivity contribution is 0.256. The van der Waals surface area contributed by atoms with Gasteiger partial charge in [-0.25, -0.2) is 29.5 Å². The Morgan fingerprint density at radius 2 is 1.47 bits per heavy atom. The van der Waals surface area contributed by atoms with E-state index in [4.69, 9.17) is 0 Å². The van der Waals surface area contributed by atoms with Gasteiger partial charge in [-0.1, -0.05) is 0 Å². The highest BCUT2D eigenvalue weighted by molar-refractivity contribution is 7.89. The van der Waals surface area contributed by atoms with Gasteiger partial charge in [0.1, 0.15) is 0 Å². The third-order valence-corrected chi connectivity index (χ3v) is 2.95. The van der Waals surface area contributed by atoms with Gasteiger partial charge >= 0.3 is 16.1 Å². The molecule has 19 heavy (non-hydrogen) atoms. The van der Waals surface area contributed by atoms with Crippen molar-refractivity contribution < 1.29 is 13.2 Å². The van der Waals surface area contributed by atoms with E-state index in [1.165, 1.54) is 30.9 Å². The van der Waals surface area contributed by atoms with Crippen molar-refractivity contribution in [1.82, 2.24) is 24.7 Å². The molecule has 0 aliphatic rings. The van der Waals surface area contributed by atoms with Gasteiger partial charge < -0.3 is 0 Å². The van der Waals surface area contributed by atoms with Crippen molar-refractivity contribution in [3.05, 3.63) is 36.9 Å². The molecule has 2 N–H and O–H groups in total. The van der Waals surface area contributed by atoms with Gasteiger partial charge in [0.25, 0.3) is 5.16 Å². The topological polar surface area (TPSA) is 127 Å². The zero-order chi connectivity index (χ0) is 13.7. The fourth-order valence-electron chi connectivity index (χ4n) is 1.08. The average Bonchev–Trinajstić information content (AvgIpc) is 2.40. The van der Waals surface area contributed by atoms with Crippen molar-refractivity contribution in [2.75, 3.05) is 5.32 Å². The van der Waals surface area contributed by atoms with E-state index in [0.29, 0.717) is 0 Å². The normalized spacial score (nSPS) is 10.7. The van der Waals surface area contributed by atoms with Crippen molar-refractivity contribution in [2.45, 2.75) is 5.16 Å². The first kappa shape index (κ1) is 12.8. The maximum Gasteiger partial charge on any atom is 0.335 e. The molecule has 2 heterocycles. The molecule has 2 amide bonds. The lowest BCUT2D eigenvalue weighted by Gasteiger charge is -2.05. The van der Waals surface area contributed by atoms with Crippen LogP contribution in [0.3, 0.4) is 0 Å². The number of hydrogen-bond donors (Lipinski definition) is 2. The Hall–Kier alpha value is -2.62. The Labute approximate surface area is 108 Å². The third-order valence-electron chi connectivity index (χ3n) is 1.80. The summed E-state index contributed by atoms with van der Waals surface area (Å²) in [5.41, 5.74) is 0. The highest BCUT2D eigenvalue weighted by Gasteiger charge is 2.20. The van der Waals surface area contributed by atoms with Crippen molar-refractivity contribution in [1.29, 1.82) is 0 Å². The number of nitrogens with zero attached hydrogens (tertiary/aromatic N) is 4. The monoisotopic (exact) mass is 280 g/mol. The van der Waals surface area contributed by atoms with Gasteiger partial charge in [0.05, 0.1) is 0 Å². The first-order chi connectivity index (χ1) is 9.08. The minimum atomic E-state index is -4.12. The standard InChI is InChI=1S/C9H8N6O3S/c16-8(14-7-10-3-1-4-11-7)15-19(17,18)9-12-5-2-6-13-9/h1-6H,(H2,10,11,14,15,16). The summed E-state index contributed by atoms with van der Waals surface area (Å²) in [6.45, 7) is 0. The zero-order valence-electron chi connectivity index (χ0n) is 9.39. The molecular weight excluding hydrogens is 272 g/mol. The Kier molecular flexibility index (Phi) is 3.61. The molecule has 0 aliphatic heterocycles. The molecule has 10 heteroatoms. The molecule has 0 saturated heterocycles. The molecule has 0 aromatic carbocycles. The van der Waals surface area contributed by atoms with E-state index < -0.39 is 21.2 Å². The van der Waals surface area contributed by atoms with Crippen LogP contribution in [0.1, 0.15) is 0 Å². The minimum Gasteiger partial charge on any atom is -0.275 e. The second-order valence-corrected chi connectivity index (χ2v) is 4.74. The largest absolute Gasteiger partial charge is 0.335 e. The molecule has 0 unspecified atom stereocenters. The maximum absolute atomic E-state index is 11.7. The molecular formula is C9H8N6O3S. The average molecular weight is 280 g/mol. The van der Waals surface area contributed by atoms with Crippen LogP contribution in [0.4, 0.5) is 10.7 Å². The van der Waals surface area contributed by atoms with Gasteiger partial charge in [-0.3, -0.25) is 5.32 Å². The lowest BCUT2D eigenvalue weighted by atomic mass is 10.7. The predicted octanol–water partition coefficient (Wildman–Crippen LogP) is -0.223. The first-order valence-corrected chi connectivity index (χ1v) is 6.44. The second-order valence-electron chi connectivity index (χ2n) is 3.16.